The lowest BCUT2D eigenvalue weighted by Crippen LogP contribution is -2.75. The first kappa shape index (κ1) is 24.8. The number of hydrogen-bond acceptors (Lipinski definition) is 6. The Balaban J connectivity index is 1.65. The number of ether oxygens (including phenoxy) is 2. The highest BCUT2D eigenvalue weighted by molar-refractivity contribution is 5.85. The van der Waals surface area contributed by atoms with Crippen molar-refractivity contribution in [1.82, 2.24) is 0 Å². The highest BCUT2D eigenvalue weighted by atomic mass is 16.5. The number of rotatable bonds is 4. The second kappa shape index (κ2) is 8.63. The maximum atomic E-state index is 12.9. The van der Waals surface area contributed by atoms with Gasteiger partial charge in [0.1, 0.15) is 12.7 Å². The summed E-state index contributed by atoms with van der Waals surface area (Å²) in [5.41, 5.74) is -2.42. The summed E-state index contributed by atoms with van der Waals surface area (Å²) in [5, 5.41) is 24.6. The Morgan fingerprint density at radius 3 is 2.57 bits per heavy atom. The molecule has 0 saturated heterocycles. The number of aliphatic hydroxyl groups excluding tert-OH is 1. The molecule has 2 heterocycles. The van der Waals surface area contributed by atoms with E-state index in [1.807, 2.05) is 13.8 Å². The molecule has 7 unspecified atom stereocenters. The quantitative estimate of drug-likeness (QED) is 0.462. The number of carbonyl (C=O) groups is 2. The Morgan fingerprint density at radius 2 is 1.89 bits per heavy atom. The molecule has 2 aliphatic heterocycles. The van der Waals surface area contributed by atoms with Crippen molar-refractivity contribution in [2.75, 3.05) is 6.61 Å². The van der Waals surface area contributed by atoms with Crippen LogP contribution in [-0.2, 0) is 19.1 Å². The van der Waals surface area contributed by atoms with Gasteiger partial charge in [0, 0.05) is 30.3 Å². The van der Waals surface area contributed by atoms with E-state index in [2.05, 4.69) is 18.8 Å². The molecule has 0 aromatic heterocycles. The van der Waals surface area contributed by atoms with Crippen molar-refractivity contribution < 1.29 is 29.3 Å². The first-order chi connectivity index (χ1) is 16.5. The lowest BCUT2D eigenvalue weighted by molar-refractivity contribution is -0.303. The Bertz CT molecular complexity index is 985. The fourth-order valence-electron chi connectivity index (χ4n) is 8.82. The van der Waals surface area contributed by atoms with Crippen LogP contribution >= 0.6 is 0 Å². The fraction of sp³-hybridized carbons (Fsp3) is 0.793. The van der Waals surface area contributed by atoms with Gasteiger partial charge in [0.15, 0.2) is 0 Å². The van der Waals surface area contributed by atoms with Gasteiger partial charge in [-0.25, -0.2) is 4.79 Å². The first-order valence-electron chi connectivity index (χ1n) is 13.5. The summed E-state index contributed by atoms with van der Waals surface area (Å²) in [6, 6.07) is 0. The number of cyclic esters (lactones) is 1. The van der Waals surface area contributed by atoms with E-state index < -0.39 is 28.6 Å². The molecule has 6 nitrogen and oxygen atoms in total. The molecule has 3 aliphatic carbocycles. The molecule has 0 amide bonds. The van der Waals surface area contributed by atoms with Gasteiger partial charge in [-0.2, -0.15) is 0 Å². The minimum Gasteiger partial charge on any atom is -0.462 e. The molecule has 192 valence electrons. The molecule has 0 aromatic rings. The molecule has 5 rings (SSSR count). The van der Waals surface area contributed by atoms with Gasteiger partial charge in [-0.15, -0.1) is 5.92 Å². The maximum absolute atomic E-state index is 12.9. The summed E-state index contributed by atoms with van der Waals surface area (Å²) < 4.78 is 11.3. The van der Waals surface area contributed by atoms with Gasteiger partial charge in [0.2, 0.25) is 0 Å². The van der Waals surface area contributed by atoms with Crippen LogP contribution in [0.4, 0.5) is 0 Å². The summed E-state index contributed by atoms with van der Waals surface area (Å²) in [7, 11) is 0. The van der Waals surface area contributed by atoms with E-state index in [1.165, 1.54) is 18.9 Å². The molecule has 6 heteroatoms. The van der Waals surface area contributed by atoms with Crippen molar-refractivity contribution in [2.45, 2.75) is 109 Å². The summed E-state index contributed by atoms with van der Waals surface area (Å²) in [4.78, 5) is 24.5. The standard InChI is InChI=1S/C29H40O6/c1-26-13-7-6-10-23(31)35-21(17-26)25-27(2,20-8-4-5-9-20)14-12-22(30)28(25,3)29(26,33)15-11-19-16-24(32)34-18-19/h16,20-22,25,30,33H,4-6,8-12,14-15,17-18H2,1-3H3. The largest absolute Gasteiger partial charge is 0.462 e. The Labute approximate surface area is 208 Å². The Morgan fingerprint density at radius 1 is 1.14 bits per heavy atom. The Hall–Kier alpha value is -1.84. The number of aliphatic hydroxyl groups is 2. The summed E-state index contributed by atoms with van der Waals surface area (Å²) in [6.07, 6.45) is 8.49. The van der Waals surface area contributed by atoms with Gasteiger partial charge in [-0.1, -0.05) is 32.6 Å². The number of fused-ring (bicyclic) bond motifs is 4. The van der Waals surface area contributed by atoms with Crippen molar-refractivity contribution in [3.05, 3.63) is 11.6 Å². The third-order valence-corrected chi connectivity index (χ3v) is 10.7. The molecule has 35 heavy (non-hydrogen) atoms. The third kappa shape index (κ3) is 3.68. The molecular weight excluding hydrogens is 444 g/mol. The molecule has 5 aliphatic rings. The van der Waals surface area contributed by atoms with Crippen molar-refractivity contribution in [1.29, 1.82) is 0 Å². The monoisotopic (exact) mass is 484 g/mol. The van der Waals surface area contributed by atoms with Crippen LogP contribution in [0.5, 0.6) is 0 Å². The molecule has 2 N–H and O–H groups in total. The number of hydrogen-bond donors (Lipinski definition) is 2. The van der Waals surface area contributed by atoms with Crippen LogP contribution in [0.2, 0.25) is 0 Å². The van der Waals surface area contributed by atoms with Gasteiger partial charge >= 0.3 is 11.9 Å². The minimum atomic E-state index is -1.34. The molecule has 0 aromatic carbocycles. The van der Waals surface area contributed by atoms with Crippen LogP contribution in [0.1, 0.15) is 91.4 Å². The fourth-order valence-corrected chi connectivity index (χ4v) is 8.82. The van der Waals surface area contributed by atoms with Crippen LogP contribution in [-0.4, -0.2) is 46.6 Å². The lowest BCUT2D eigenvalue weighted by Gasteiger charge is -2.69. The van der Waals surface area contributed by atoms with E-state index >= 15 is 0 Å². The topological polar surface area (TPSA) is 93.1 Å². The molecule has 7 atom stereocenters. The normalized spacial score (nSPS) is 45.7. The van der Waals surface area contributed by atoms with E-state index in [-0.39, 0.29) is 36.3 Å². The lowest BCUT2D eigenvalue weighted by atomic mass is 9.37. The zero-order valence-corrected chi connectivity index (χ0v) is 21.4. The third-order valence-electron chi connectivity index (χ3n) is 10.7. The van der Waals surface area contributed by atoms with E-state index in [0.717, 1.165) is 24.8 Å². The van der Waals surface area contributed by atoms with Crippen molar-refractivity contribution in [3.8, 4) is 11.8 Å². The molecule has 3 saturated carbocycles. The second-order valence-electron chi connectivity index (χ2n) is 12.4. The minimum absolute atomic E-state index is 0.155. The molecule has 0 spiro atoms. The van der Waals surface area contributed by atoms with E-state index in [9.17, 15) is 19.8 Å². The highest BCUT2D eigenvalue weighted by Crippen LogP contribution is 2.70. The van der Waals surface area contributed by atoms with Crippen molar-refractivity contribution >= 4 is 11.9 Å². The predicted molar refractivity (Wildman–Crippen MR) is 130 cm³/mol. The van der Waals surface area contributed by atoms with Gasteiger partial charge in [-0.3, -0.25) is 4.79 Å². The van der Waals surface area contributed by atoms with Crippen LogP contribution < -0.4 is 0 Å². The van der Waals surface area contributed by atoms with Gasteiger partial charge < -0.3 is 19.7 Å². The van der Waals surface area contributed by atoms with Crippen molar-refractivity contribution in [3.63, 3.8) is 0 Å². The van der Waals surface area contributed by atoms with Crippen LogP contribution in [0, 0.1) is 39.9 Å². The van der Waals surface area contributed by atoms with E-state index in [4.69, 9.17) is 9.47 Å². The van der Waals surface area contributed by atoms with Gasteiger partial charge in [0.05, 0.1) is 23.5 Å². The number of carbonyl (C=O) groups excluding carboxylic acids is 2. The SMILES string of the molecule is CC1(C2CCCC2)CCC(O)C2(C)C1C1CC(C)(C#CCCC(=O)O1)C2(O)CCC1=CC(=O)OC1. The smallest absolute Gasteiger partial charge is 0.331 e. The maximum Gasteiger partial charge on any atom is 0.331 e. The molecule has 3 fully saturated rings. The average Bonchev–Trinajstić information content (AvgIpc) is 3.49. The van der Waals surface area contributed by atoms with Crippen molar-refractivity contribution in [2.24, 2.45) is 28.1 Å². The molecular formula is C29H40O6. The zero-order valence-electron chi connectivity index (χ0n) is 21.4. The number of esters is 2. The van der Waals surface area contributed by atoms with E-state index in [1.54, 1.807) is 0 Å². The van der Waals surface area contributed by atoms with Crippen LogP contribution in [0.25, 0.3) is 0 Å². The van der Waals surface area contributed by atoms with Crippen LogP contribution in [0.3, 0.4) is 0 Å². The van der Waals surface area contributed by atoms with Gasteiger partial charge in [0.25, 0.3) is 0 Å². The second-order valence-corrected chi connectivity index (χ2v) is 12.4. The van der Waals surface area contributed by atoms with Crippen LogP contribution in [0.15, 0.2) is 11.6 Å². The van der Waals surface area contributed by atoms with Gasteiger partial charge in [-0.05, 0) is 62.4 Å². The summed E-state index contributed by atoms with van der Waals surface area (Å²) in [6.45, 7) is 6.57. The zero-order chi connectivity index (χ0) is 25.1. The predicted octanol–water partition coefficient (Wildman–Crippen LogP) is 4.07. The summed E-state index contributed by atoms with van der Waals surface area (Å²) in [5.74, 6) is 6.26. The average molecular weight is 485 g/mol. The summed E-state index contributed by atoms with van der Waals surface area (Å²) >= 11 is 0. The van der Waals surface area contributed by atoms with E-state index in [0.29, 0.717) is 38.0 Å². The molecule has 0 radical (unpaired) electrons. The highest BCUT2D eigenvalue weighted by Gasteiger charge is 2.73. The Kier molecular flexibility index (Phi) is 6.12. The first-order valence-corrected chi connectivity index (χ1v) is 13.5. The molecule has 2 bridgehead atoms.